The van der Waals surface area contributed by atoms with Gasteiger partial charge >= 0.3 is 0 Å². The Morgan fingerprint density at radius 2 is 1.93 bits per heavy atom. The lowest BCUT2D eigenvalue weighted by molar-refractivity contribution is -0.123. The molecular weight excluding hydrogens is 382 g/mol. The third-order valence-corrected chi connectivity index (χ3v) is 5.44. The van der Waals surface area contributed by atoms with Gasteiger partial charge in [-0.3, -0.25) is 20.4 Å². The van der Waals surface area contributed by atoms with Gasteiger partial charge in [-0.2, -0.15) is 0 Å². The van der Waals surface area contributed by atoms with Crippen molar-refractivity contribution in [1.82, 2.24) is 15.8 Å². The van der Waals surface area contributed by atoms with E-state index in [9.17, 15) is 9.59 Å². The molecule has 30 heavy (non-hydrogen) atoms. The van der Waals surface area contributed by atoms with E-state index < -0.39 is 5.91 Å². The van der Waals surface area contributed by atoms with Crippen molar-refractivity contribution in [3.63, 3.8) is 0 Å². The van der Waals surface area contributed by atoms with E-state index in [0.717, 1.165) is 23.7 Å². The highest BCUT2D eigenvalue weighted by atomic mass is 16.5. The molecule has 1 unspecified atom stereocenters. The monoisotopic (exact) mass is 407 g/mol. The molecule has 1 aromatic heterocycles. The Morgan fingerprint density at radius 3 is 2.73 bits per heavy atom. The first kappa shape index (κ1) is 19.8. The van der Waals surface area contributed by atoms with Crippen LogP contribution in [-0.2, 0) is 17.6 Å². The molecule has 0 saturated carbocycles. The molecule has 0 spiro atoms. The Morgan fingerprint density at radius 1 is 1.13 bits per heavy atom. The number of carbonyl (C=O) groups excluding carboxylic acids is 2. The summed E-state index contributed by atoms with van der Waals surface area (Å²) < 4.78 is 10.6. The minimum absolute atomic E-state index is 0.247. The maximum absolute atomic E-state index is 12.5. The van der Waals surface area contributed by atoms with Crippen LogP contribution in [0.4, 0.5) is 0 Å². The highest BCUT2D eigenvalue weighted by Gasteiger charge is 2.20. The number of aromatic amines is 1. The number of hydrazine groups is 1. The topological polar surface area (TPSA) is 92.4 Å². The smallest absolute Gasteiger partial charge is 0.276 e. The molecule has 1 atom stereocenters. The summed E-state index contributed by atoms with van der Waals surface area (Å²) in [6.45, 7) is 2.00. The molecule has 0 radical (unpaired) electrons. The number of H-pyrrole nitrogens is 1. The predicted octanol–water partition coefficient (Wildman–Crippen LogP) is 3.14. The van der Waals surface area contributed by atoms with Crippen LogP contribution >= 0.6 is 0 Å². The first-order valence-corrected chi connectivity index (χ1v) is 10.0. The van der Waals surface area contributed by atoms with Crippen molar-refractivity contribution < 1.29 is 19.1 Å². The number of methoxy groups -OCH3 is 1. The van der Waals surface area contributed by atoms with Crippen molar-refractivity contribution in [2.24, 2.45) is 5.92 Å². The van der Waals surface area contributed by atoms with Crippen LogP contribution in [-0.4, -0.2) is 30.5 Å². The summed E-state index contributed by atoms with van der Waals surface area (Å²) in [4.78, 5) is 28.0. The van der Waals surface area contributed by atoms with Crippen LogP contribution in [0.3, 0.4) is 0 Å². The van der Waals surface area contributed by atoms with Gasteiger partial charge in [0.25, 0.3) is 11.8 Å². The highest BCUT2D eigenvalue weighted by Crippen LogP contribution is 2.32. The maximum atomic E-state index is 12.5. The largest absolute Gasteiger partial charge is 0.493 e. The minimum atomic E-state index is -0.469. The zero-order chi connectivity index (χ0) is 21.1. The Hall–Kier alpha value is -3.48. The predicted molar refractivity (Wildman–Crippen MR) is 114 cm³/mol. The van der Waals surface area contributed by atoms with Gasteiger partial charge in [-0.15, -0.1) is 0 Å². The normalized spacial score (nSPS) is 15.3. The fourth-order valence-corrected chi connectivity index (χ4v) is 3.85. The summed E-state index contributed by atoms with van der Waals surface area (Å²) in [7, 11) is 1.53. The lowest BCUT2D eigenvalue weighted by Gasteiger charge is -2.18. The molecule has 1 aliphatic carbocycles. The third kappa shape index (κ3) is 4.10. The van der Waals surface area contributed by atoms with Gasteiger partial charge in [0.15, 0.2) is 18.1 Å². The van der Waals surface area contributed by atoms with Gasteiger partial charge in [0.2, 0.25) is 0 Å². The SMILES string of the molecule is COc1ccccc1OCC(=O)NNC(=O)c1ccc2[nH]c3c(c2c1)CC(C)CC3. The van der Waals surface area contributed by atoms with E-state index in [1.807, 2.05) is 18.2 Å². The molecule has 1 heterocycles. The van der Waals surface area contributed by atoms with Gasteiger partial charge in [0, 0.05) is 22.2 Å². The molecule has 0 aliphatic heterocycles. The van der Waals surface area contributed by atoms with E-state index in [4.69, 9.17) is 9.47 Å². The van der Waals surface area contributed by atoms with Crippen LogP contribution < -0.4 is 20.3 Å². The van der Waals surface area contributed by atoms with Crippen LogP contribution in [0.2, 0.25) is 0 Å². The average Bonchev–Trinajstić information content (AvgIpc) is 3.13. The molecule has 0 bridgehead atoms. The molecule has 2 aromatic carbocycles. The Labute approximate surface area is 174 Å². The summed E-state index contributed by atoms with van der Waals surface area (Å²) >= 11 is 0. The van der Waals surface area contributed by atoms with Crippen LogP contribution in [0.5, 0.6) is 11.5 Å². The molecule has 156 valence electrons. The molecule has 1 aliphatic rings. The fourth-order valence-electron chi connectivity index (χ4n) is 3.85. The number of ether oxygens (including phenoxy) is 2. The number of amides is 2. The number of benzene rings is 2. The lowest BCUT2D eigenvalue weighted by Crippen LogP contribution is -2.43. The highest BCUT2D eigenvalue weighted by molar-refractivity contribution is 5.99. The number of carbonyl (C=O) groups is 2. The van der Waals surface area contributed by atoms with Crippen molar-refractivity contribution in [3.05, 3.63) is 59.3 Å². The summed E-state index contributed by atoms with van der Waals surface area (Å²) in [6, 6.07) is 12.6. The van der Waals surface area contributed by atoms with Crippen LogP contribution in [0, 0.1) is 5.92 Å². The van der Waals surface area contributed by atoms with E-state index in [1.165, 1.54) is 24.8 Å². The van der Waals surface area contributed by atoms with Crippen LogP contribution in [0.1, 0.15) is 35.0 Å². The van der Waals surface area contributed by atoms with Crippen molar-refractivity contribution >= 4 is 22.7 Å². The Bertz CT molecular complexity index is 1090. The molecule has 4 rings (SSSR count). The van der Waals surface area contributed by atoms with E-state index in [1.54, 1.807) is 24.3 Å². The molecule has 3 N–H and O–H groups in total. The van der Waals surface area contributed by atoms with Crippen LogP contribution in [0.15, 0.2) is 42.5 Å². The van der Waals surface area contributed by atoms with Crippen molar-refractivity contribution in [2.45, 2.75) is 26.2 Å². The summed E-state index contributed by atoms with van der Waals surface area (Å²) in [5, 5.41) is 1.08. The number of aryl methyl sites for hydroxylation is 1. The first-order valence-electron chi connectivity index (χ1n) is 10.0. The van der Waals surface area contributed by atoms with Gasteiger partial charge in [-0.05, 0) is 61.1 Å². The number of aromatic nitrogens is 1. The summed E-state index contributed by atoms with van der Waals surface area (Å²) in [5.74, 6) is 0.784. The number of hydrogen-bond donors (Lipinski definition) is 3. The molecule has 7 heteroatoms. The van der Waals surface area contributed by atoms with Crippen molar-refractivity contribution in [3.8, 4) is 11.5 Å². The van der Waals surface area contributed by atoms with Crippen molar-refractivity contribution in [1.29, 1.82) is 0 Å². The van der Waals surface area contributed by atoms with Gasteiger partial charge in [-0.1, -0.05) is 19.1 Å². The van der Waals surface area contributed by atoms with E-state index in [2.05, 4.69) is 22.8 Å². The van der Waals surface area contributed by atoms with E-state index in [-0.39, 0.29) is 12.5 Å². The molecule has 2 amide bonds. The van der Waals surface area contributed by atoms with Crippen LogP contribution in [0.25, 0.3) is 10.9 Å². The third-order valence-electron chi connectivity index (χ3n) is 5.44. The van der Waals surface area contributed by atoms with Gasteiger partial charge in [0.1, 0.15) is 0 Å². The number of fused-ring (bicyclic) bond motifs is 3. The Balaban J connectivity index is 1.37. The lowest BCUT2D eigenvalue weighted by atomic mass is 9.87. The molecule has 0 saturated heterocycles. The van der Waals surface area contributed by atoms with E-state index >= 15 is 0 Å². The Kier molecular flexibility index (Phi) is 5.61. The van der Waals surface area contributed by atoms with Gasteiger partial charge in [-0.25, -0.2) is 0 Å². The zero-order valence-corrected chi connectivity index (χ0v) is 17.1. The maximum Gasteiger partial charge on any atom is 0.276 e. The first-order chi connectivity index (χ1) is 14.5. The fraction of sp³-hybridized carbons (Fsp3) is 0.304. The quantitative estimate of drug-likeness (QED) is 0.567. The number of nitrogens with one attached hydrogen (secondary N) is 3. The second kappa shape index (κ2) is 8.49. The zero-order valence-electron chi connectivity index (χ0n) is 17.1. The molecular formula is C23H25N3O4. The average molecular weight is 407 g/mol. The molecule has 7 nitrogen and oxygen atoms in total. The molecule has 3 aromatic rings. The number of rotatable bonds is 5. The summed E-state index contributed by atoms with van der Waals surface area (Å²) in [5.41, 5.74) is 8.94. The summed E-state index contributed by atoms with van der Waals surface area (Å²) in [6.07, 6.45) is 3.22. The second-order valence-electron chi connectivity index (χ2n) is 7.63. The minimum Gasteiger partial charge on any atom is -0.493 e. The standard InChI is InChI=1S/C23H25N3O4/c1-14-7-9-18-16(11-14)17-12-15(8-10-19(17)24-18)23(28)26-25-22(27)13-30-21-6-4-3-5-20(21)29-2/h3-6,8,10,12,14,24H,7,9,11,13H2,1-2H3,(H,25,27)(H,26,28). The second-order valence-corrected chi connectivity index (χ2v) is 7.63. The molecule has 0 fully saturated rings. The number of hydrogen-bond acceptors (Lipinski definition) is 4. The van der Waals surface area contributed by atoms with Crippen molar-refractivity contribution in [2.75, 3.05) is 13.7 Å². The van der Waals surface area contributed by atoms with Gasteiger partial charge in [0.05, 0.1) is 7.11 Å². The van der Waals surface area contributed by atoms with Gasteiger partial charge < -0.3 is 14.5 Å². The number of para-hydroxylation sites is 2. The van der Waals surface area contributed by atoms with E-state index in [0.29, 0.717) is 23.0 Å².